The Kier molecular flexibility index (Phi) is 3.18. The van der Waals surface area contributed by atoms with Gasteiger partial charge in [-0.05, 0) is 24.3 Å². The van der Waals surface area contributed by atoms with E-state index in [4.69, 9.17) is 5.11 Å². The molecular weight excluding hydrogens is 242 g/mol. The summed E-state index contributed by atoms with van der Waals surface area (Å²) >= 11 is 0. The van der Waals surface area contributed by atoms with Crippen LogP contribution < -0.4 is 5.32 Å². The van der Waals surface area contributed by atoms with Gasteiger partial charge in [-0.1, -0.05) is 0 Å². The van der Waals surface area contributed by atoms with Crippen LogP contribution in [0.3, 0.4) is 0 Å². The molecule has 2 N–H and O–H groups in total. The van der Waals surface area contributed by atoms with Gasteiger partial charge in [-0.25, -0.2) is 18.6 Å². The van der Waals surface area contributed by atoms with E-state index in [-0.39, 0.29) is 17.1 Å². The fourth-order valence-corrected chi connectivity index (χ4v) is 1.44. The van der Waals surface area contributed by atoms with E-state index in [9.17, 15) is 13.6 Å². The average molecular weight is 250 g/mol. The van der Waals surface area contributed by atoms with Crippen molar-refractivity contribution in [3.05, 3.63) is 53.7 Å². The monoisotopic (exact) mass is 250 g/mol. The number of aromatic carboxylic acids is 1. The van der Waals surface area contributed by atoms with E-state index in [1.807, 2.05) is 0 Å². The first kappa shape index (κ1) is 12.0. The first-order chi connectivity index (χ1) is 8.56. The zero-order valence-electron chi connectivity index (χ0n) is 9.02. The maximum Gasteiger partial charge on any atom is 0.339 e. The van der Waals surface area contributed by atoms with E-state index in [2.05, 4.69) is 10.3 Å². The largest absolute Gasteiger partial charge is 0.478 e. The molecule has 0 saturated carbocycles. The maximum atomic E-state index is 13.0. The molecule has 0 bridgehead atoms. The summed E-state index contributed by atoms with van der Waals surface area (Å²) in [4.78, 5) is 14.7. The molecule has 0 aliphatic heterocycles. The van der Waals surface area contributed by atoms with Crippen molar-refractivity contribution < 1.29 is 18.7 Å². The zero-order chi connectivity index (χ0) is 13.1. The lowest BCUT2D eigenvalue weighted by Crippen LogP contribution is -2.04. The second-order valence-corrected chi connectivity index (χ2v) is 3.49. The Bertz CT molecular complexity index is 582. The quantitative estimate of drug-likeness (QED) is 0.879. The van der Waals surface area contributed by atoms with Crippen molar-refractivity contribution in [1.29, 1.82) is 0 Å². The number of halogens is 2. The Labute approximate surface area is 101 Å². The van der Waals surface area contributed by atoms with Gasteiger partial charge in [-0.3, -0.25) is 0 Å². The molecule has 1 aromatic heterocycles. The Morgan fingerprint density at radius 3 is 2.50 bits per heavy atom. The lowest BCUT2D eigenvalue weighted by atomic mass is 10.2. The molecular formula is C12H8F2N2O2. The van der Waals surface area contributed by atoms with Crippen LogP contribution in [0.25, 0.3) is 0 Å². The predicted molar refractivity (Wildman–Crippen MR) is 60.8 cm³/mol. The van der Waals surface area contributed by atoms with Gasteiger partial charge in [0.25, 0.3) is 0 Å². The summed E-state index contributed by atoms with van der Waals surface area (Å²) in [5.74, 6) is -2.67. The van der Waals surface area contributed by atoms with Crippen molar-refractivity contribution in [2.24, 2.45) is 0 Å². The normalized spacial score (nSPS) is 10.1. The van der Waals surface area contributed by atoms with Gasteiger partial charge in [0, 0.05) is 18.0 Å². The number of rotatable bonds is 3. The summed E-state index contributed by atoms with van der Waals surface area (Å²) in [6.07, 6.45) is 1.38. The molecule has 0 amide bonds. The fourth-order valence-electron chi connectivity index (χ4n) is 1.44. The smallest absolute Gasteiger partial charge is 0.339 e. The van der Waals surface area contributed by atoms with Crippen LogP contribution in [-0.2, 0) is 0 Å². The number of hydrogen-bond acceptors (Lipinski definition) is 3. The molecule has 0 radical (unpaired) electrons. The van der Waals surface area contributed by atoms with Crippen molar-refractivity contribution in [3.8, 4) is 0 Å². The third-order valence-electron chi connectivity index (χ3n) is 2.16. The van der Waals surface area contributed by atoms with E-state index in [1.165, 1.54) is 18.3 Å². The van der Waals surface area contributed by atoms with E-state index >= 15 is 0 Å². The topological polar surface area (TPSA) is 62.2 Å². The van der Waals surface area contributed by atoms with Gasteiger partial charge in [0.1, 0.15) is 23.0 Å². The first-order valence-corrected chi connectivity index (χ1v) is 4.97. The summed E-state index contributed by atoms with van der Waals surface area (Å²) in [7, 11) is 0. The number of hydrogen-bond donors (Lipinski definition) is 2. The molecule has 0 fully saturated rings. The summed E-state index contributed by atoms with van der Waals surface area (Å²) in [6, 6.07) is 5.61. The number of anilines is 2. The third-order valence-corrected chi connectivity index (χ3v) is 2.16. The van der Waals surface area contributed by atoms with Gasteiger partial charge in [0.15, 0.2) is 0 Å². The molecule has 2 aromatic rings. The molecule has 18 heavy (non-hydrogen) atoms. The molecule has 0 aliphatic carbocycles. The predicted octanol–water partition coefficient (Wildman–Crippen LogP) is 2.80. The van der Waals surface area contributed by atoms with E-state index in [1.54, 1.807) is 0 Å². The number of pyridine rings is 1. The second kappa shape index (κ2) is 4.79. The molecule has 0 spiro atoms. The maximum absolute atomic E-state index is 13.0. The lowest BCUT2D eigenvalue weighted by Gasteiger charge is -2.08. The minimum absolute atomic E-state index is 0.0231. The first-order valence-electron chi connectivity index (χ1n) is 4.97. The molecule has 0 atom stereocenters. The van der Waals surface area contributed by atoms with Crippen LogP contribution in [0.4, 0.5) is 20.3 Å². The van der Waals surface area contributed by atoms with E-state index in [0.29, 0.717) is 0 Å². The third kappa shape index (κ3) is 2.60. The Morgan fingerprint density at radius 1 is 1.22 bits per heavy atom. The summed E-state index contributed by atoms with van der Waals surface area (Å²) in [6.45, 7) is 0. The lowest BCUT2D eigenvalue weighted by molar-refractivity contribution is 0.0697. The molecule has 2 rings (SSSR count). The molecule has 4 nitrogen and oxygen atoms in total. The minimum Gasteiger partial charge on any atom is -0.478 e. The summed E-state index contributed by atoms with van der Waals surface area (Å²) < 4.78 is 25.9. The SMILES string of the molecule is O=C(O)c1cccnc1Nc1cc(F)cc(F)c1. The van der Waals surface area contributed by atoms with Crippen LogP contribution in [0.2, 0.25) is 0 Å². The van der Waals surface area contributed by atoms with Gasteiger partial charge in [0.05, 0.1) is 0 Å². The van der Waals surface area contributed by atoms with E-state index < -0.39 is 17.6 Å². The van der Waals surface area contributed by atoms with Crippen molar-refractivity contribution in [2.75, 3.05) is 5.32 Å². The molecule has 1 heterocycles. The number of nitrogens with one attached hydrogen (secondary N) is 1. The average Bonchev–Trinajstić information content (AvgIpc) is 2.27. The highest BCUT2D eigenvalue weighted by molar-refractivity contribution is 5.93. The molecule has 0 saturated heterocycles. The van der Waals surface area contributed by atoms with Gasteiger partial charge in [0.2, 0.25) is 0 Å². The van der Waals surface area contributed by atoms with E-state index in [0.717, 1.165) is 18.2 Å². The van der Waals surface area contributed by atoms with Gasteiger partial charge >= 0.3 is 5.97 Å². The van der Waals surface area contributed by atoms with Crippen LogP contribution in [-0.4, -0.2) is 16.1 Å². The molecule has 6 heteroatoms. The highest BCUT2D eigenvalue weighted by atomic mass is 19.1. The Hall–Kier alpha value is -2.50. The molecule has 0 aliphatic rings. The summed E-state index contributed by atoms with van der Waals surface area (Å²) in [5.41, 5.74) is 0.0101. The standard InChI is InChI=1S/C12H8F2N2O2/c13-7-4-8(14)6-9(5-7)16-11-10(12(17)18)2-1-3-15-11/h1-6H,(H,15,16)(H,17,18). The zero-order valence-corrected chi connectivity index (χ0v) is 9.02. The Balaban J connectivity index is 2.37. The van der Waals surface area contributed by atoms with Crippen molar-refractivity contribution in [1.82, 2.24) is 4.98 Å². The highest BCUT2D eigenvalue weighted by Crippen LogP contribution is 2.20. The number of carboxylic acid groups (broad SMARTS) is 1. The fraction of sp³-hybridized carbons (Fsp3) is 0. The van der Waals surface area contributed by atoms with Crippen molar-refractivity contribution in [3.63, 3.8) is 0 Å². The van der Waals surface area contributed by atoms with Crippen LogP contribution in [0.1, 0.15) is 10.4 Å². The van der Waals surface area contributed by atoms with Crippen molar-refractivity contribution >= 4 is 17.5 Å². The highest BCUT2D eigenvalue weighted by Gasteiger charge is 2.11. The van der Waals surface area contributed by atoms with Crippen LogP contribution in [0.15, 0.2) is 36.5 Å². The van der Waals surface area contributed by atoms with Gasteiger partial charge < -0.3 is 10.4 Å². The molecule has 0 unspecified atom stereocenters. The Morgan fingerprint density at radius 2 is 1.89 bits per heavy atom. The number of nitrogens with zero attached hydrogens (tertiary/aromatic N) is 1. The van der Waals surface area contributed by atoms with Gasteiger partial charge in [-0.15, -0.1) is 0 Å². The van der Waals surface area contributed by atoms with Gasteiger partial charge in [-0.2, -0.15) is 0 Å². The van der Waals surface area contributed by atoms with Crippen LogP contribution in [0, 0.1) is 11.6 Å². The molecule has 92 valence electrons. The molecule has 1 aromatic carbocycles. The van der Waals surface area contributed by atoms with Crippen LogP contribution in [0.5, 0.6) is 0 Å². The number of carbonyl (C=O) groups is 1. The number of aromatic nitrogens is 1. The number of benzene rings is 1. The number of carboxylic acids is 1. The minimum atomic E-state index is -1.18. The second-order valence-electron chi connectivity index (χ2n) is 3.49. The van der Waals surface area contributed by atoms with Crippen molar-refractivity contribution in [2.45, 2.75) is 0 Å². The summed E-state index contributed by atoms with van der Waals surface area (Å²) in [5, 5.41) is 11.5. The van der Waals surface area contributed by atoms with Crippen LogP contribution >= 0.6 is 0 Å².